The van der Waals surface area contributed by atoms with Gasteiger partial charge in [0.05, 0.1) is 11.4 Å². The smallest absolute Gasteiger partial charge is 0.140 e. The van der Waals surface area contributed by atoms with Gasteiger partial charge in [-0.1, -0.05) is 26.6 Å². The predicted octanol–water partition coefficient (Wildman–Crippen LogP) is 4.97. The standard InChI is InChI=1S/C24H28N4O2Si/c1-5-16-10-20-18(12-22(16)29)11-21-23(17-6-7-19(13-25)26-14-17)27-28(24(20)21)15-30-8-9-31(2,3)4/h6-7,10,12,14,29H,5,8-9,11,15H2,1-4H3. The zero-order valence-electron chi connectivity index (χ0n) is 18.6. The Bertz CT molecular complexity index is 1150. The number of aromatic hydroxyl groups is 1. The van der Waals surface area contributed by atoms with Gasteiger partial charge in [0.1, 0.15) is 24.2 Å². The lowest BCUT2D eigenvalue weighted by molar-refractivity contribution is 0.0799. The second-order valence-electron chi connectivity index (χ2n) is 9.24. The SMILES string of the molecule is CCc1cc2c(cc1O)Cc1c(-c3ccc(C#N)nc3)nn(COCC[Si](C)(C)C)c1-2. The molecule has 1 N–H and O–H groups in total. The Morgan fingerprint density at radius 3 is 2.71 bits per heavy atom. The molecular formula is C24H28N4O2Si. The first-order valence-electron chi connectivity index (χ1n) is 10.7. The van der Waals surface area contributed by atoms with Gasteiger partial charge in [0, 0.05) is 44.0 Å². The third kappa shape index (κ3) is 4.27. The molecular weight excluding hydrogens is 404 g/mol. The van der Waals surface area contributed by atoms with Crippen LogP contribution < -0.4 is 0 Å². The van der Waals surface area contributed by atoms with E-state index in [0.29, 0.717) is 24.6 Å². The van der Waals surface area contributed by atoms with Gasteiger partial charge in [-0.05, 0) is 47.9 Å². The van der Waals surface area contributed by atoms with Crippen molar-refractivity contribution in [3.8, 4) is 34.3 Å². The number of fused-ring (bicyclic) bond motifs is 3. The van der Waals surface area contributed by atoms with Crippen LogP contribution in [0.3, 0.4) is 0 Å². The van der Waals surface area contributed by atoms with Crippen molar-refractivity contribution in [1.29, 1.82) is 5.26 Å². The van der Waals surface area contributed by atoms with Gasteiger partial charge in [-0.3, -0.25) is 0 Å². The van der Waals surface area contributed by atoms with E-state index < -0.39 is 8.07 Å². The summed E-state index contributed by atoms with van der Waals surface area (Å²) in [6, 6.07) is 10.7. The number of rotatable bonds is 7. The van der Waals surface area contributed by atoms with Gasteiger partial charge in [-0.2, -0.15) is 10.4 Å². The summed E-state index contributed by atoms with van der Waals surface area (Å²) < 4.78 is 7.97. The normalized spacial score (nSPS) is 12.5. The monoisotopic (exact) mass is 432 g/mol. The van der Waals surface area contributed by atoms with Gasteiger partial charge in [0.2, 0.25) is 0 Å². The molecule has 7 heteroatoms. The Morgan fingerprint density at radius 2 is 2.06 bits per heavy atom. The quantitative estimate of drug-likeness (QED) is 0.329. The molecule has 0 atom stereocenters. The van der Waals surface area contributed by atoms with Crippen LogP contribution in [-0.2, 0) is 24.3 Å². The van der Waals surface area contributed by atoms with E-state index in [0.717, 1.165) is 58.3 Å². The number of phenols is 1. The van der Waals surface area contributed by atoms with Gasteiger partial charge < -0.3 is 9.84 Å². The largest absolute Gasteiger partial charge is 0.508 e. The second-order valence-corrected chi connectivity index (χ2v) is 14.9. The lowest BCUT2D eigenvalue weighted by Crippen LogP contribution is -2.22. The third-order valence-corrected chi connectivity index (χ3v) is 7.42. The molecule has 160 valence electrons. The summed E-state index contributed by atoms with van der Waals surface area (Å²) in [5.41, 5.74) is 7.42. The fraction of sp³-hybridized carbons (Fsp3) is 0.375. The van der Waals surface area contributed by atoms with Crippen LogP contribution in [0.1, 0.15) is 29.3 Å². The van der Waals surface area contributed by atoms with E-state index in [1.807, 2.05) is 23.7 Å². The Morgan fingerprint density at radius 1 is 1.26 bits per heavy atom. The number of pyridine rings is 1. The zero-order valence-corrected chi connectivity index (χ0v) is 19.6. The average molecular weight is 433 g/mol. The number of nitriles is 1. The highest BCUT2D eigenvalue weighted by Gasteiger charge is 2.29. The van der Waals surface area contributed by atoms with Gasteiger partial charge in [-0.15, -0.1) is 0 Å². The minimum absolute atomic E-state index is 0.346. The summed E-state index contributed by atoms with van der Waals surface area (Å²) in [5.74, 6) is 0.346. The summed E-state index contributed by atoms with van der Waals surface area (Å²) in [7, 11) is -1.17. The van der Waals surface area contributed by atoms with Crippen LogP contribution in [0, 0.1) is 11.3 Å². The molecule has 6 nitrogen and oxygen atoms in total. The third-order valence-electron chi connectivity index (χ3n) is 5.72. The first-order chi connectivity index (χ1) is 14.8. The van der Waals surface area contributed by atoms with Crippen LogP contribution >= 0.6 is 0 Å². The summed E-state index contributed by atoms with van der Waals surface area (Å²) in [6.07, 6.45) is 3.17. The van der Waals surface area contributed by atoms with Crippen molar-refractivity contribution in [3.05, 3.63) is 52.8 Å². The minimum Gasteiger partial charge on any atom is -0.508 e. The topological polar surface area (TPSA) is 84.0 Å². The van der Waals surface area contributed by atoms with Crippen LogP contribution in [0.25, 0.3) is 22.5 Å². The number of hydrogen-bond donors (Lipinski definition) is 1. The Kier molecular flexibility index (Phi) is 5.69. The average Bonchev–Trinajstić information content (AvgIpc) is 3.27. The number of nitrogens with zero attached hydrogens (tertiary/aromatic N) is 4. The molecule has 0 unspecified atom stereocenters. The first-order valence-corrected chi connectivity index (χ1v) is 14.4. The lowest BCUT2D eigenvalue weighted by Gasteiger charge is -2.16. The van der Waals surface area contributed by atoms with Gasteiger partial charge in [0.25, 0.3) is 0 Å². The van der Waals surface area contributed by atoms with E-state index in [1.54, 1.807) is 12.3 Å². The summed E-state index contributed by atoms with van der Waals surface area (Å²) >= 11 is 0. The van der Waals surface area contributed by atoms with E-state index in [2.05, 4.69) is 36.8 Å². The fourth-order valence-electron chi connectivity index (χ4n) is 3.94. The van der Waals surface area contributed by atoms with Crippen molar-refractivity contribution < 1.29 is 9.84 Å². The molecule has 1 aromatic carbocycles. The molecule has 4 rings (SSSR count). The molecule has 2 aromatic heterocycles. The number of benzene rings is 1. The van der Waals surface area contributed by atoms with Crippen LogP contribution in [0.4, 0.5) is 0 Å². The van der Waals surface area contributed by atoms with E-state index in [9.17, 15) is 5.11 Å². The molecule has 0 amide bonds. The lowest BCUT2D eigenvalue weighted by atomic mass is 10.0. The van der Waals surface area contributed by atoms with E-state index in [-0.39, 0.29) is 0 Å². The Labute approximate surface area is 184 Å². The van der Waals surface area contributed by atoms with Crippen molar-refractivity contribution in [2.24, 2.45) is 0 Å². The molecule has 0 aliphatic heterocycles. The predicted molar refractivity (Wildman–Crippen MR) is 124 cm³/mol. The summed E-state index contributed by atoms with van der Waals surface area (Å²) in [6.45, 7) is 10.2. The highest BCUT2D eigenvalue weighted by atomic mass is 28.3. The van der Waals surface area contributed by atoms with Gasteiger partial charge >= 0.3 is 0 Å². The van der Waals surface area contributed by atoms with Gasteiger partial charge in [-0.25, -0.2) is 9.67 Å². The van der Waals surface area contributed by atoms with Crippen molar-refractivity contribution in [2.75, 3.05) is 6.61 Å². The molecule has 0 fully saturated rings. The van der Waals surface area contributed by atoms with E-state index >= 15 is 0 Å². The van der Waals surface area contributed by atoms with E-state index in [4.69, 9.17) is 15.1 Å². The first kappa shape index (κ1) is 21.3. The Balaban J connectivity index is 1.73. The number of ether oxygens (including phenoxy) is 1. The van der Waals surface area contributed by atoms with Crippen LogP contribution in [-0.4, -0.2) is 34.6 Å². The van der Waals surface area contributed by atoms with Crippen molar-refractivity contribution >= 4 is 8.07 Å². The molecule has 3 aromatic rings. The van der Waals surface area contributed by atoms with Crippen LogP contribution in [0.15, 0.2) is 30.5 Å². The molecule has 2 heterocycles. The summed E-state index contributed by atoms with van der Waals surface area (Å²) in [5, 5.41) is 24.3. The molecule has 0 radical (unpaired) electrons. The maximum atomic E-state index is 10.4. The molecule has 0 bridgehead atoms. The molecule has 31 heavy (non-hydrogen) atoms. The van der Waals surface area contributed by atoms with Crippen LogP contribution in [0.2, 0.25) is 25.7 Å². The molecule has 0 saturated carbocycles. The van der Waals surface area contributed by atoms with E-state index in [1.165, 1.54) is 0 Å². The highest BCUT2D eigenvalue weighted by Crippen LogP contribution is 2.44. The maximum Gasteiger partial charge on any atom is 0.140 e. The molecule has 0 spiro atoms. The van der Waals surface area contributed by atoms with Crippen molar-refractivity contribution in [3.63, 3.8) is 0 Å². The van der Waals surface area contributed by atoms with Gasteiger partial charge in [0.15, 0.2) is 0 Å². The zero-order chi connectivity index (χ0) is 22.2. The molecule has 1 aliphatic rings. The maximum absolute atomic E-state index is 10.4. The number of phenolic OH excluding ortho intramolecular Hbond substituents is 1. The Hall–Kier alpha value is -2.95. The highest BCUT2D eigenvalue weighted by molar-refractivity contribution is 6.76. The number of aromatic nitrogens is 3. The fourth-order valence-corrected chi connectivity index (χ4v) is 4.70. The number of aryl methyl sites for hydroxylation is 1. The van der Waals surface area contributed by atoms with Crippen LogP contribution in [0.5, 0.6) is 5.75 Å². The number of hydrogen-bond acceptors (Lipinski definition) is 5. The molecule has 1 aliphatic carbocycles. The van der Waals surface area contributed by atoms with Crippen molar-refractivity contribution in [1.82, 2.24) is 14.8 Å². The second kappa shape index (κ2) is 8.29. The summed E-state index contributed by atoms with van der Waals surface area (Å²) in [4.78, 5) is 4.22. The minimum atomic E-state index is -1.17. The van der Waals surface area contributed by atoms with Crippen molar-refractivity contribution in [2.45, 2.75) is 52.2 Å². The molecule has 0 saturated heterocycles.